The Morgan fingerprint density at radius 1 is 1.39 bits per heavy atom. The van der Waals surface area contributed by atoms with E-state index in [4.69, 9.17) is 5.73 Å². The summed E-state index contributed by atoms with van der Waals surface area (Å²) in [6.07, 6.45) is 3.33. The van der Waals surface area contributed by atoms with Gasteiger partial charge in [-0.1, -0.05) is 27.2 Å². The summed E-state index contributed by atoms with van der Waals surface area (Å²) in [5, 5.41) is 2.73. The highest BCUT2D eigenvalue weighted by Gasteiger charge is 2.36. The number of nitrogens with two attached hydrogens (primary N) is 1. The van der Waals surface area contributed by atoms with Crippen molar-refractivity contribution in [3.8, 4) is 0 Å². The smallest absolute Gasteiger partial charge is 0.324 e. The average Bonchev–Trinajstić information content (AvgIpc) is 2.57. The van der Waals surface area contributed by atoms with Crippen LogP contribution in [0.5, 0.6) is 0 Å². The minimum absolute atomic E-state index is 0.0715. The van der Waals surface area contributed by atoms with E-state index in [0.29, 0.717) is 13.1 Å². The molecule has 104 valence electrons. The van der Waals surface area contributed by atoms with Crippen molar-refractivity contribution in [3.05, 3.63) is 0 Å². The Kier molecular flexibility index (Phi) is 5.14. The van der Waals surface area contributed by atoms with Gasteiger partial charge in [-0.25, -0.2) is 4.79 Å². The molecule has 1 aliphatic rings. The lowest BCUT2D eigenvalue weighted by molar-refractivity contribution is -0.127. The van der Waals surface area contributed by atoms with Crippen molar-refractivity contribution < 1.29 is 9.59 Å². The van der Waals surface area contributed by atoms with Gasteiger partial charge in [-0.15, -0.1) is 0 Å². The summed E-state index contributed by atoms with van der Waals surface area (Å²) >= 11 is 0. The van der Waals surface area contributed by atoms with Gasteiger partial charge in [-0.2, -0.15) is 0 Å². The zero-order chi connectivity index (χ0) is 13.8. The van der Waals surface area contributed by atoms with Gasteiger partial charge in [0.05, 0.1) is 0 Å². The molecule has 1 saturated heterocycles. The molecule has 1 unspecified atom stereocenters. The number of hydrogen-bond acceptors (Lipinski definition) is 3. The lowest BCUT2D eigenvalue weighted by atomic mass is 9.88. The first-order valence-electron chi connectivity index (χ1n) is 6.73. The van der Waals surface area contributed by atoms with Gasteiger partial charge in [0.2, 0.25) is 0 Å². The van der Waals surface area contributed by atoms with E-state index in [9.17, 15) is 9.59 Å². The highest BCUT2D eigenvalue weighted by atomic mass is 16.2. The van der Waals surface area contributed by atoms with Crippen LogP contribution >= 0.6 is 0 Å². The Bertz CT molecular complexity index is 315. The Labute approximate surface area is 109 Å². The van der Waals surface area contributed by atoms with E-state index < -0.39 is 0 Å². The van der Waals surface area contributed by atoms with Crippen LogP contribution < -0.4 is 11.1 Å². The molecule has 0 radical (unpaired) electrons. The summed E-state index contributed by atoms with van der Waals surface area (Å²) in [5.74, 6) is -0.0765. The number of rotatable bonds is 7. The molecule has 0 spiro atoms. The second-order valence-electron chi connectivity index (χ2n) is 5.75. The van der Waals surface area contributed by atoms with Crippen LogP contribution in [-0.4, -0.2) is 36.0 Å². The fraction of sp³-hybridized carbons (Fsp3) is 0.846. The first kappa shape index (κ1) is 15.0. The van der Waals surface area contributed by atoms with Gasteiger partial charge >= 0.3 is 6.03 Å². The largest absolute Gasteiger partial charge is 0.330 e. The maximum Gasteiger partial charge on any atom is 0.324 e. The molecule has 3 amide bonds. The Hall–Kier alpha value is -1.10. The van der Waals surface area contributed by atoms with Crippen LogP contribution in [0.15, 0.2) is 0 Å². The molecule has 0 aromatic heterocycles. The van der Waals surface area contributed by atoms with E-state index >= 15 is 0 Å². The maximum atomic E-state index is 11.9. The van der Waals surface area contributed by atoms with Crippen molar-refractivity contribution in [2.24, 2.45) is 11.1 Å². The number of carbonyl (C=O) groups excluding carboxylic acids is 2. The SMILES string of the molecule is CCCC1NC(=O)N(CCCC(C)(C)CN)C1=O. The molecule has 1 aliphatic heterocycles. The number of urea groups is 1. The molecule has 18 heavy (non-hydrogen) atoms. The predicted molar refractivity (Wildman–Crippen MR) is 71.0 cm³/mol. The van der Waals surface area contributed by atoms with Crippen molar-refractivity contribution in [2.75, 3.05) is 13.1 Å². The highest BCUT2D eigenvalue weighted by Crippen LogP contribution is 2.21. The van der Waals surface area contributed by atoms with Crippen molar-refractivity contribution in [1.29, 1.82) is 0 Å². The third-order valence-electron chi connectivity index (χ3n) is 3.47. The number of nitrogens with zero attached hydrogens (tertiary/aromatic N) is 1. The second kappa shape index (κ2) is 6.18. The van der Waals surface area contributed by atoms with Gasteiger partial charge in [-0.05, 0) is 31.2 Å². The van der Waals surface area contributed by atoms with Crippen molar-refractivity contribution in [3.63, 3.8) is 0 Å². The lowest BCUT2D eigenvalue weighted by Crippen LogP contribution is -2.33. The number of carbonyl (C=O) groups is 2. The van der Waals surface area contributed by atoms with E-state index in [2.05, 4.69) is 19.2 Å². The van der Waals surface area contributed by atoms with Crippen LogP contribution in [0.1, 0.15) is 46.5 Å². The molecule has 0 aliphatic carbocycles. The summed E-state index contributed by atoms with van der Waals surface area (Å²) in [5.41, 5.74) is 5.73. The molecule has 1 atom stereocenters. The fourth-order valence-electron chi connectivity index (χ4n) is 2.09. The molecule has 5 nitrogen and oxygen atoms in total. The standard InChI is InChI=1S/C13H25N3O2/c1-4-6-10-11(17)16(12(18)15-10)8-5-7-13(2,3)9-14/h10H,4-9,14H2,1-3H3,(H,15,18). The Morgan fingerprint density at radius 3 is 2.61 bits per heavy atom. The number of imide groups is 1. The van der Waals surface area contributed by atoms with E-state index in [0.717, 1.165) is 25.7 Å². The third kappa shape index (κ3) is 3.70. The molecule has 1 rings (SSSR count). The fourth-order valence-corrected chi connectivity index (χ4v) is 2.09. The lowest BCUT2D eigenvalue weighted by Gasteiger charge is -2.23. The van der Waals surface area contributed by atoms with Gasteiger partial charge in [0.15, 0.2) is 0 Å². The van der Waals surface area contributed by atoms with Gasteiger partial charge in [0, 0.05) is 6.54 Å². The zero-order valence-corrected chi connectivity index (χ0v) is 11.7. The third-order valence-corrected chi connectivity index (χ3v) is 3.47. The average molecular weight is 255 g/mol. The van der Waals surface area contributed by atoms with Crippen molar-refractivity contribution in [1.82, 2.24) is 10.2 Å². The molecule has 0 saturated carbocycles. The van der Waals surface area contributed by atoms with E-state index in [-0.39, 0.29) is 23.4 Å². The van der Waals surface area contributed by atoms with Crippen LogP contribution in [-0.2, 0) is 4.79 Å². The van der Waals surface area contributed by atoms with Crippen molar-refractivity contribution in [2.45, 2.75) is 52.5 Å². The quantitative estimate of drug-likeness (QED) is 0.676. The molecule has 0 aromatic rings. The Morgan fingerprint density at radius 2 is 2.06 bits per heavy atom. The normalized spacial score (nSPS) is 20.4. The first-order chi connectivity index (χ1) is 8.41. The summed E-state index contributed by atoms with van der Waals surface area (Å²) in [6.45, 7) is 7.31. The maximum absolute atomic E-state index is 11.9. The van der Waals surface area contributed by atoms with Crippen LogP contribution in [0.4, 0.5) is 4.79 Å². The summed E-state index contributed by atoms with van der Waals surface area (Å²) in [6, 6.07) is -0.561. The highest BCUT2D eigenvalue weighted by molar-refractivity contribution is 6.04. The van der Waals surface area contributed by atoms with E-state index in [1.54, 1.807) is 0 Å². The molecular weight excluding hydrogens is 230 g/mol. The predicted octanol–water partition coefficient (Wildman–Crippen LogP) is 1.47. The Balaban J connectivity index is 2.43. The number of amides is 3. The minimum Gasteiger partial charge on any atom is -0.330 e. The monoisotopic (exact) mass is 255 g/mol. The van der Waals surface area contributed by atoms with Crippen molar-refractivity contribution >= 4 is 11.9 Å². The van der Waals surface area contributed by atoms with Crippen LogP contribution in [0, 0.1) is 5.41 Å². The topological polar surface area (TPSA) is 75.4 Å². The molecule has 5 heteroatoms. The number of hydrogen-bond donors (Lipinski definition) is 2. The van der Waals surface area contributed by atoms with Crippen LogP contribution in [0.25, 0.3) is 0 Å². The zero-order valence-electron chi connectivity index (χ0n) is 11.7. The summed E-state index contributed by atoms with van der Waals surface area (Å²) in [4.78, 5) is 25.0. The summed E-state index contributed by atoms with van der Waals surface area (Å²) in [7, 11) is 0. The van der Waals surface area contributed by atoms with Gasteiger partial charge in [-0.3, -0.25) is 9.69 Å². The van der Waals surface area contributed by atoms with Gasteiger partial charge in [0.25, 0.3) is 5.91 Å². The molecule has 0 aromatic carbocycles. The molecule has 1 fully saturated rings. The first-order valence-corrected chi connectivity index (χ1v) is 6.73. The molecule has 1 heterocycles. The summed E-state index contributed by atoms with van der Waals surface area (Å²) < 4.78 is 0. The van der Waals surface area contributed by atoms with E-state index in [1.165, 1.54) is 4.90 Å². The van der Waals surface area contributed by atoms with E-state index in [1.807, 2.05) is 6.92 Å². The molecule has 0 bridgehead atoms. The molecular formula is C13H25N3O2. The second-order valence-corrected chi connectivity index (χ2v) is 5.75. The van der Waals surface area contributed by atoms with Crippen LogP contribution in [0.3, 0.4) is 0 Å². The molecule has 3 N–H and O–H groups in total. The van der Waals surface area contributed by atoms with Gasteiger partial charge < -0.3 is 11.1 Å². The van der Waals surface area contributed by atoms with Crippen LogP contribution in [0.2, 0.25) is 0 Å². The minimum atomic E-state index is -0.315. The van der Waals surface area contributed by atoms with Gasteiger partial charge in [0.1, 0.15) is 6.04 Å². The number of nitrogens with one attached hydrogen (secondary N) is 1.